The van der Waals surface area contributed by atoms with Gasteiger partial charge in [0.2, 0.25) is 0 Å². The smallest absolute Gasteiger partial charge is 0.616 e. The third kappa shape index (κ3) is 4.93. The molecule has 0 amide bonds. The normalized spacial score (nSPS) is 20.9. The SMILES string of the molecule is O=[S+]([O-])([O-])c1ccc2c(c1)C([S+](=O)([O-])[O-])CC(=N/O)/C2=N\O.[Na+].[Na+]. The number of benzene rings is 1. The Balaban J connectivity index is 0.00000264. The first-order valence-corrected chi connectivity index (χ1v) is 8.46. The first-order chi connectivity index (χ1) is 10.1. The molecule has 24 heavy (non-hydrogen) atoms. The van der Waals surface area contributed by atoms with Crippen molar-refractivity contribution in [3.63, 3.8) is 0 Å². The fraction of sp³-hybridized carbons (Fsp3) is 0.200. The zero-order chi connectivity index (χ0) is 16.7. The molecule has 1 aromatic carbocycles. The second-order valence-corrected chi connectivity index (χ2v) is 7.32. The molecule has 0 fully saturated rings. The summed E-state index contributed by atoms with van der Waals surface area (Å²) in [5.74, 6) is 0. The average Bonchev–Trinajstić information content (AvgIpc) is 2.42. The maximum Gasteiger partial charge on any atom is 1.00 e. The van der Waals surface area contributed by atoms with Crippen LogP contribution in [0.25, 0.3) is 0 Å². The van der Waals surface area contributed by atoms with Crippen molar-refractivity contribution in [3.8, 4) is 0 Å². The molecule has 2 N–H and O–H groups in total. The van der Waals surface area contributed by atoms with E-state index >= 15 is 0 Å². The summed E-state index contributed by atoms with van der Waals surface area (Å²) in [7, 11) is -9.83. The Morgan fingerprint density at radius 2 is 1.62 bits per heavy atom. The number of rotatable bonds is 2. The van der Waals surface area contributed by atoms with Crippen molar-refractivity contribution in [2.45, 2.75) is 16.6 Å². The van der Waals surface area contributed by atoms with Crippen LogP contribution in [0, 0.1) is 0 Å². The van der Waals surface area contributed by atoms with Gasteiger partial charge in [-0.3, -0.25) is 0 Å². The van der Waals surface area contributed by atoms with E-state index < -0.39 is 37.6 Å². The zero-order valence-corrected chi connectivity index (χ0v) is 18.2. The molecule has 0 bridgehead atoms. The predicted molar refractivity (Wildman–Crippen MR) is 68.8 cm³/mol. The van der Waals surface area contributed by atoms with E-state index in [0.717, 1.165) is 18.2 Å². The van der Waals surface area contributed by atoms with Gasteiger partial charge in [0.1, 0.15) is 16.7 Å². The van der Waals surface area contributed by atoms with Crippen LogP contribution in [-0.4, -0.2) is 40.0 Å². The summed E-state index contributed by atoms with van der Waals surface area (Å²) < 4.78 is 67.1. The van der Waals surface area contributed by atoms with E-state index in [9.17, 15) is 26.6 Å². The van der Waals surface area contributed by atoms with E-state index in [4.69, 9.17) is 10.4 Å². The fourth-order valence-corrected chi connectivity index (χ4v) is 3.55. The van der Waals surface area contributed by atoms with E-state index in [1.165, 1.54) is 0 Å². The Morgan fingerprint density at radius 3 is 2.04 bits per heavy atom. The van der Waals surface area contributed by atoms with Crippen LogP contribution < -0.4 is 59.1 Å². The number of hydrogen-bond acceptors (Lipinski definition) is 10. The van der Waals surface area contributed by atoms with Gasteiger partial charge < -0.3 is 28.6 Å². The van der Waals surface area contributed by atoms with E-state index in [1.807, 2.05) is 0 Å². The summed E-state index contributed by atoms with van der Waals surface area (Å²) in [4.78, 5) is -0.735. The van der Waals surface area contributed by atoms with E-state index in [-0.39, 0.29) is 81.7 Å². The molecule has 0 saturated carbocycles. The van der Waals surface area contributed by atoms with Crippen molar-refractivity contribution in [1.29, 1.82) is 0 Å². The summed E-state index contributed by atoms with van der Waals surface area (Å²) in [6.45, 7) is 0. The van der Waals surface area contributed by atoms with Gasteiger partial charge in [0, 0.05) is 44.6 Å². The minimum atomic E-state index is -4.95. The maximum atomic E-state index is 11.3. The molecule has 0 aromatic heterocycles. The molecule has 1 aliphatic rings. The minimum Gasteiger partial charge on any atom is -0.616 e. The van der Waals surface area contributed by atoms with Crippen molar-refractivity contribution >= 4 is 32.4 Å². The summed E-state index contributed by atoms with van der Waals surface area (Å²) in [5.41, 5.74) is -1.13. The van der Waals surface area contributed by atoms with Gasteiger partial charge in [0.05, 0.1) is 0 Å². The van der Waals surface area contributed by atoms with Gasteiger partial charge in [-0.1, -0.05) is 10.3 Å². The second kappa shape index (κ2) is 8.79. The Bertz CT molecular complexity index is 772. The zero-order valence-electron chi connectivity index (χ0n) is 12.6. The monoisotopic (exact) mass is 394 g/mol. The van der Waals surface area contributed by atoms with Gasteiger partial charge in [-0.05, 0) is 12.1 Å². The van der Waals surface area contributed by atoms with Crippen LogP contribution in [0.5, 0.6) is 0 Å². The van der Waals surface area contributed by atoms with Gasteiger partial charge in [0.25, 0.3) is 0 Å². The van der Waals surface area contributed by atoms with E-state index in [1.54, 1.807) is 0 Å². The molecule has 0 radical (unpaired) electrons. The molecule has 14 heteroatoms. The Hall–Kier alpha value is 0.300. The number of hydrogen-bond donors (Lipinski definition) is 2. The molecule has 0 spiro atoms. The molecule has 0 saturated heterocycles. The molecule has 1 atom stereocenters. The first-order valence-electron chi connectivity index (χ1n) is 5.58. The van der Waals surface area contributed by atoms with Gasteiger partial charge in [-0.25, -0.2) is 0 Å². The summed E-state index contributed by atoms with van der Waals surface area (Å²) in [6, 6.07) is 2.59. The predicted octanol–water partition coefficient (Wildman–Crippen LogP) is -5.97. The van der Waals surface area contributed by atoms with Crippen molar-refractivity contribution in [1.82, 2.24) is 0 Å². The largest absolute Gasteiger partial charge is 1.00 e. The van der Waals surface area contributed by atoms with Crippen LogP contribution in [-0.2, 0) is 29.4 Å². The number of nitrogens with zero attached hydrogens (tertiary/aromatic N) is 2. The minimum absolute atomic E-state index is 0. The molecule has 120 valence electrons. The summed E-state index contributed by atoms with van der Waals surface area (Å²) >= 11 is 0. The van der Waals surface area contributed by atoms with Crippen molar-refractivity contribution in [2.24, 2.45) is 10.3 Å². The molecule has 1 aliphatic carbocycles. The van der Waals surface area contributed by atoms with Crippen LogP contribution in [0.3, 0.4) is 0 Å². The summed E-state index contributed by atoms with van der Waals surface area (Å²) in [5, 5.41) is 21.6. The van der Waals surface area contributed by atoms with Crippen LogP contribution in [0.1, 0.15) is 22.8 Å². The topological polar surface area (TPSA) is 192 Å². The third-order valence-electron chi connectivity index (χ3n) is 3.13. The molecular formula is C10H8N2Na2O8S2. The Kier molecular flexibility index (Phi) is 8.90. The molecule has 1 aromatic rings. The maximum absolute atomic E-state index is 11.3. The summed E-state index contributed by atoms with van der Waals surface area (Å²) in [6.07, 6.45) is -0.628. The van der Waals surface area contributed by atoms with E-state index in [2.05, 4.69) is 10.3 Å². The quantitative estimate of drug-likeness (QED) is 0.214. The first kappa shape index (κ1) is 24.3. The van der Waals surface area contributed by atoms with Gasteiger partial charge in [-0.2, -0.15) is 0 Å². The molecule has 2 rings (SSSR count). The van der Waals surface area contributed by atoms with Crippen molar-refractivity contribution in [3.05, 3.63) is 29.3 Å². The molecule has 1 unspecified atom stereocenters. The Morgan fingerprint density at radius 1 is 1.04 bits per heavy atom. The van der Waals surface area contributed by atoms with Crippen LogP contribution >= 0.6 is 0 Å². The van der Waals surface area contributed by atoms with Crippen molar-refractivity contribution < 1.29 is 96.2 Å². The third-order valence-corrected chi connectivity index (χ3v) is 5.08. The molecule has 0 aliphatic heterocycles. The van der Waals surface area contributed by atoms with Crippen LogP contribution in [0.4, 0.5) is 0 Å². The van der Waals surface area contributed by atoms with Gasteiger partial charge in [-0.15, -0.1) is 8.42 Å². The van der Waals surface area contributed by atoms with E-state index in [0.29, 0.717) is 0 Å². The molecular weight excluding hydrogens is 386 g/mol. The average molecular weight is 394 g/mol. The van der Waals surface area contributed by atoms with Crippen molar-refractivity contribution in [2.75, 3.05) is 0 Å². The second-order valence-electron chi connectivity index (χ2n) is 4.38. The molecule has 0 heterocycles. The van der Waals surface area contributed by atoms with Crippen LogP contribution in [0.2, 0.25) is 0 Å². The van der Waals surface area contributed by atoms with Gasteiger partial charge >= 0.3 is 59.1 Å². The van der Waals surface area contributed by atoms with Gasteiger partial charge in [0.15, 0.2) is 4.90 Å². The van der Waals surface area contributed by atoms with Crippen LogP contribution in [0.15, 0.2) is 33.4 Å². The Labute approximate surface area is 183 Å². The number of oxime groups is 2. The molecule has 10 nitrogen and oxygen atoms in total. The fourth-order valence-electron chi connectivity index (χ4n) is 2.17. The standard InChI is InChI=1S/C10H8N2O8S2.2Na/c13-11-8-4-9(22(18,19)20)7-3-5(21(15,16)17)1-2-6(7)10(8)12-14;;/h1-3,9H,4H2,(H2-4,13,14,15,16,17,18,19,20);;/q-2;2*+1/b11-8-,12-10-;;. The number of fused-ring (bicyclic) bond motifs is 1.